The highest BCUT2D eigenvalue weighted by Crippen LogP contribution is 2.34. The SMILES string of the molecule is CCOC(=O)CSc1nc2sc3c(c2c(=O)[nH]1)CCC3. The fourth-order valence-corrected chi connectivity index (χ4v) is 4.36. The van der Waals surface area contributed by atoms with Crippen molar-refractivity contribution in [1.82, 2.24) is 9.97 Å². The first-order valence-electron chi connectivity index (χ1n) is 6.52. The molecule has 0 aliphatic heterocycles. The first-order valence-corrected chi connectivity index (χ1v) is 8.32. The van der Waals surface area contributed by atoms with E-state index >= 15 is 0 Å². The lowest BCUT2D eigenvalue weighted by molar-refractivity contribution is -0.139. The summed E-state index contributed by atoms with van der Waals surface area (Å²) < 4.78 is 4.85. The Bertz CT molecular complexity index is 720. The number of carbonyl (C=O) groups excluding carboxylic acids is 1. The fourth-order valence-electron chi connectivity index (χ4n) is 2.38. The summed E-state index contributed by atoms with van der Waals surface area (Å²) in [6.45, 7) is 2.13. The first-order chi connectivity index (χ1) is 9.69. The van der Waals surface area contributed by atoms with E-state index in [1.807, 2.05) is 0 Å². The van der Waals surface area contributed by atoms with E-state index in [4.69, 9.17) is 4.74 Å². The van der Waals surface area contributed by atoms with Crippen LogP contribution < -0.4 is 5.56 Å². The molecule has 1 N–H and O–H groups in total. The van der Waals surface area contributed by atoms with Crippen LogP contribution in [-0.2, 0) is 22.4 Å². The number of thiophene rings is 1. The van der Waals surface area contributed by atoms with Crippen LogP contribution >= 0.6 is 23.1 Å². The van der Waals surface area contributed by atoms with Crippen molar-refractivity contribution >= 4 is 39.3 Å². The maximum Gasteiger partial charge on any atom is 0.316 e. The molecule has 106 valence electrons. The molecule has 2 heterocycles. The Morgan fingerprint density at radius 3 is 3.15 bits per heavy atom. The molecule has 0 spiro atoms. The molecule has 0 atom stereocenters. The van der Waals surface area contributed by atoms with E-state index < -0.39 is 0 Å². The first kappa shape index (κ1) is 13.6. The average molecular weight is 310 g/mol. The Kier molecular flexibility index (Phi) is 3.80. The highest BCUT2D eigenvalue weighted by atomic mass is 32.2. The van der Waals surface area contributed by atoms with Crippen LogP contribution in [0.25, 0.3) is 10.2 Å². The normalized spacial score (nSPS) is 13.7. The van der Waals surface area contributed by atoms with E-state index in [0.717, 1.165) is 29.5 Å². The number of ether oxygens (including phenoxy) is 1. The van der Waals surface area contributed by atoms with Crippen LogP contribution in [0.3, 0.4) is 0 Å². The number of aromatic amines is 1. The van der Waals surface area contributed by atoms with Crippen molar-refractivity contribution in [3.63, 3.8) is 0 Å². The van der Waals surface area contributed by atoms with Gasteiger partial charge in [-0.3, -0.25) is 9.59 Å². The van der Waals surface area contributed by atoms with Crippen molar-refractivity contribution in [3.8, 4) is 0 Å². The number of H-pyrrole nitrogens is 1. The second-order valence-electron chi connectivity index (χ2n) is 4.50. The molecule has 2 aromatic heterocycles. The number of nitrogens with one attached hydrogen (secondary N) is 1. The summed E-state index contributed by atoms with van der Waals surface area (Å²) in [5.74, 6) is -0.137. The number of thioether (sulfide) groups is 1. The van der Waals surface area contributed by atoms with E-state index in [0.29, 0.717) is 11.8 Å². The number of aryl methyl sites for hydroxylation is 2. The number of nitrogens with zero attached hydrogens (tertiary/aromatic N) is 1. The van der Waals surface area contributed by atoms with Gasteiger partial charge in [0.05, 0.1) is 17.7 Å². The molecule has 0 saturated heterocycles. The zero-order valence-corrected chi connectivity index (χ0v) is 12.7. The minimum absolute atomic E-state index is 0.0965. The Hall–Kier alpha value is -1.34. The lowest BCUT2D eigenvalue weighted by atomic mass is 10.2. The molecule has 0 fully saturated rings. The van der Waals surface area contributed by atoms with Gasteiger partial charge in [0.1, 0.15) is 4.83 Å². The largest absolute Gasteiger partial charge is 0.465 e. The van der Waals surface area contributed by atoms with E-state index in [2.05, 4.69) is 9.97 Å². The zero-order chi connectivity index (χ0) is 14.1. The third kappa shape index (κ3) is 2.47. The minimum Gasteiger partial charge on any atom is -0.465 e. The van der Waals surface area contributed by atoms with E-state index in [-0.39, 0.29) is 17.3 Å². The molecule has 2 aromatic rings. The van der Waals surface area contributed by atoms with E-state index in [1.54, 1.807) is 18.3 Å². The summed E-state index contributed by atoms with van der Waals surface area (Å²) in [5.41, 5.74) is 1.07. The number of aromatic nitrogens is 2. The number of carbonyl (C=O) groups is 1. The summed E-state index contributed by atoms with van der Waals surface area (Å²) in [4.78, 5) is 32.8. The molecular formula is C13H14N2O3S2. The van der Waals surface area contributed by atoms with Crippen molar-refractivity contribution in [3.05, 3.63) is 20.8 Å². The van der Waals surface area contributed by atoms with Gasteiger partial charge in [-0.25, -0.2) is 4.98 Å². The van der Waals surface area contributed by atoms with Crippen LogP contribution in [0, 0.1) is 0 Å². The maximum atomic E-state index is 12.2. The second kappa shape index (κ2) is 5.57. The Morgan fingerprint density at radius 2 is 2.35 bits per heavy atom. The van der Waals surface area contributed by atoms with Gasteiger partial charge >= 0.3 is 5.97 Å². The van der Waals surface area contributed by atoms with Crippen LogP contribution in [0.4, 0.5) is 0 Å². The van der Waals surface area contributed by atoms with Gasteiger partial charge in [-0.1, -0.05) is 11.8 Å². The van der Waals surface area contributed by atoms with Crippen LogP contribution in [0.15, 0.2) is 9.95 Å². The Morgan fingerprint density at radius 1 is 1.50 bits per heavy atom. The number of fused-ring (bicyclic) bond motifs is 3. The van der Waals surface area contributed by atoms with Gasteiger partial charge < -0.3 is 9.72 Å². The predicted octanol–water partition coefficient (Wildman–Crippen LogP) is 2.13. The summed E-state index contributed by atoms with van der Waals surface area (Å²) in [7, 11) is 0. The lowest BCUT2D eigenvalue weighted by Gasteiger charge is -2.01. The van der Waals surface area contributed by atoms with Crippen molar-refractivity contribution in [2.45, 2.75) is 31.3 Å². The summed E-state index contributed by atoms with van der Waals surface area (Å²) in [6.07, 6.45) is 3.13. The lowest BCUT2D eigenvalue weighted by Crippen LogP contribution is -2.11. The molecule has 1 aliphatic carbocycles. The van der Waals surface area contributed by atoms with E-state index in [9.17, 15) is 9.59 Å². The maximum absolute atomic E-state index is 12.2. The molecule has 0 saturated carbocycles. The average Bonchev–Trinajstić information content (AvgIpc) is 2.96. The Balaban J connectivity index is 1.87. The number of esters is 1. The topological polar surface area (TPSA) is 72.0 Å². The summed E-state index contributed by atoms with van der Waals surface area (Å²) in [5, 5.41) is 1.22. The molecule has 5 nitrogen and oxygen atoms in total. The second-order valence-corrected chi connectivity index (χ2v) is 6.55. The van der Waals surface area contributed by atoms with Crippen molar-refractivity contribution in [1.29, 1.82) is 0 Å². The molecule has 0 aromatic carbocycles. The summed E-state index contributed by atoms with van der Waals surface area (Å²) in [6, 6.07) is 0. The molecule has 1 aliphatic rings. The quantitative estimate of drug-likeness (QED) is 0.532. The summed E-state index contributed by atoms with van der Waals surface area (Å²) >= 11 is 2.80. The van der Waals surface area contributed by atoms with Gasteiger partial charge in [-0.2, -0.15) is 0 Å². The fraction of sp³-hybridized carbons (Fsp3) is 0.462. The number of hydrogen-bond acceptors (Lipinski definition) is 6. The zero-order valence-electron chi connectivity index (χ0n) is 11.0. The molecule has 7 heteroatoms. The molecule has 20 heavy (non-hydrogen) atoms. The highest BCUT2D eigenvalue weighted by molar-refractivity contribution is 7.99. The van der Waals surface area contributed by atoms with Gasteiger partial charge in [0.25, 0.3) is 5.56 Å². The molecule has 0 bridgehead atoms. The van der Waals surface area contributed by atoms with Crippen LogP contribution in [-0.4, -0.2) is 28.3 Å². The monoisotopic (exact) mass is 310 g/mol. The number of hydrogen-bond donors (Lipinski definition) is 1. The van der Waals surface area contributed by atoms with Crippen molar-refractivity contribution in [2.24, 2.45) is 0 Å². The number of rotatable bonds is 4. The van der Waals surface area contributed by atoms with Crippen molar-refractivity contribution in [2.75, 3.05) is 12.4 Å². The highest BCUT2D eigenvalue weighted by Gasteiger charge is 2.21. The molecule has 3 rings (SSSR count). The van der Waals surface area contributed by atoms with Gasteiger partial charge in [0, 0.05) is 4.88 Å². The molecular weight excluding hydrogens is 296 g/mol. The third-order valence-corrected chi connectivity index (χ3v) is 5.22. The van der Waals surface area contributed by atoms with Crippen LogP contribution in [0.2, 0.25) is 0 Å². The van der Waals surface area contributed by atoms with Crippen LogP contribution in [0.1, 0.15) is 23.8 Å². The predicted molar refractivity (Wildman–Crippen MR) is 79.6 cm³/mol. The Labute approximate surface area is 123 Å². The van der Waals surface area contributed by atoms with E-state index in [1.165, 1.54) is 22.2 Å². The van der Waals surface area contributed by atoms with Crippen LogP contribution in [0.5, 0.6) is 0 Å². The standard InChI is InChI=1S/C13H14N2O3S2/c1-2-18-9(16)6-19-13-14-11(17)10-7-4-3-5-8(7)20-12(10)15-13/h2-6H2,1H3,(H,14,15,17). The minimum atomic E-state index is -0.297. The molecule has 0 radical (unpaired) electrons. The molecule has 0 amide bonds. The van der Waals surface area contributed by atoms with Gasteiger partial charge in [-0.05, 0) is 31.7 Å². The van der Waals surface area contributed by atoms with Gasteiger partial charge in [0.15, 0.2) is 5.16 Å². The van der Waals surface area contributed by atoms with Gasteiger partial charge in [-0.15, -0.1) is 11.3 Å². The van der Waals surface area contributed by atoms with Crippen molar-refractivity contribution < 1.29 is 9.53 Å². The van der Waals surface area contributed by atoms with Gasteiger partial charge in [0.2, 0.25) is 0 Å². The molecule has 0 unspecified atom stereocenters. The third-order valence-electron chi connectivity index (χ3n) is 3.19. The smallest absolute Gasteiger partial charge is 0.316 e.